The minimum Gasteiger partial charge on any atom is -0.343 e. The lowest BCUT2D eigenvalue weighted by Gasteiger charge is -2.36. The SMILES string of the molecule is Cc1ccsc1CN1CCCC[C@@H]1CCN1CCCC1=O. The summed E-state index contributed by atoms with van der Waals surface area (Å²) in [6.45, 7) is 6.48. The van der Waals surface area contributed by atoms with Crippen LogP contribution in [-0.4, -0.2) is 41.4 Å². The van der Waals surface area contributed by atoms with E-state index in [0.29, 0.717) is 11.9 Å². The Kier molecular flexibility index (Phi) is 4.96. The molecule has 0 unspecified atom stereocenters. The van der Waals surface area contributed by atoms with Gasteiger partial charge in [0.1, 0.15) is 0 Å². The Morgan fingerprint density at radius 2 is 2.19 bits per heavy atom. The van der Waals surface area contributed by atoms with Crippen LogP contribution in [0.15, 0.2) is 11.4 Å². The first-order chi connectivity index (χ1) is 10.2. The van der Waals surface area contributed by atoms with Gasteiger partial charge in [0.25, 0.3) is 0 Å². The molecule has 3 nitrogen and oxygen atoms in total. The Morgan fingerprint density at radius 3 is 2.90 bits per heavy atom. The summed E-state index contributed by atoms with van der Waals surface area (Å²) in [5, 5.41) is 2.20. The second kappa shape index (κ2) is 6.93. The lowest BCUT2D eigenvalue weighted by molar-refractivity contribution is -0.127. The summed E-state index contributed by atoms with van der Waals surface area (Å²) < 4.78 is 0. The van der Waals surface area contributed by atoms with Gasteiger partial charge >= 0.3 is 0 Å². The van der Waals surface area contributed by atoms with Gasteiger partial charge in [-0.05, 0) is 56.2 Å². The van der Waals surface area contributed by atoms with E-state index < -0.39 is 0 Å². The van der Waals surface area contributed by atoms with Crippen LogP contribution in [-0.2, 0) is 11.3 Å². The summed E-state index contributed by atoms with van der Waals surface area (Å²) in [6, 6.07) is 2.88. The fraction of sp³-hybridized carbons (Fsp3) is 0.706. The number of carbonyl (C=O) groups is 1. The highest BCUT2D eigenvalue weighted by atomic mass is 32.1. The third-order valence-corrected chi connectivity index (χ3v) is 5.98. The molecule has 2 saturated heterocycles. The highest BCUT2D eigenvalue weighted by Crippen LogP contribution is 2.26. The summed E-state index contributed by atoms with van der Waals surface area (Å²) in [5.41, 5.74) is 1.43. The lowest BCUT2D eigenvalue weighted by Crippen LogP contribution is -2.41. The zero-order valence-corrected chi connectivity index (χ0v) is 13.8. The molecule has 3 heterocycles. The van der Waals surface area contributed by atoms with Crippen LogP contribution in [0.2, 0.25) is 0 Å². The van der Waals surface area contributed by atoms with Crippen molar-refractivity contribution in [2.75, 3.05) is 19.6 Å². The molecule has 21 heavy (non-hydrogen) atoms. The number of hydrogen-bond donors (Lipinski definition) is 0. The average Bonchev–Trinajstić information content (AvgIpc) is 3.07. The van der Waals surface area contributed by atoms with Crippen molar-refractivity contribution in [2.45, 2.75) is 58.0 Å². The number of amides is 1. The van der Waals surface area contributed by atoms with Crippen molar-refractivity contribution >= 4 is 17.2 Å². The van der Waals surface area contributed by atoms with E-state index in [1.807, 2.05) is 11.3 Å². The first-order valence-electron chi connectivity index (χ1n) is 8.29. The number of likely N-dealkylation sites (tertiary alicyclic amines) is 2. The van der Waals surface area contributed by atoms with Crippen molar-refractivity contribution in [1.82, 2.24) is 9.80 Å². The van der Waals surface area contributed by atoms with Gasteiger partial charge in [0, 0.05) is 37.0 Å². The van der Waals surface area contributed by atoms with E-state index in [1.165, 1.54) is 36.2 Å². The molecule has 116 valence electrons. The monoisotopic (exact) mass is 306 g/mol. The van der Waals surface area contributed by atoms with Crippen LogP contribution in [0.3, 0.4) is 0 Å². The summed E-state index contributed by atoms with van der Waals surface area (Å²) >= 11 is 1.88. The number of carbonyl (C=O) groups excluding carboxylic acids is 1. The summed E-state index contributed by atoms with van der Waals surface area (Å²) in [4.78, 5) is 18.0. The van der Waals surface area contributed by atoms with E-state index in [0.717, 1.165) is 38.9 Å². The third kappa shape index (κ3) is 3.67. The quantitative estimate of drug-likeness (QED) is 0.832. The molecular weight excluding hydrogens is 280 g/mol. The second-order valence-electron chi connectivity index (χ2n) is 6.42. The van der Waals surface area contributed by atoms with Crippen LogP contribution in [0, 0.1) is 6.92 Å². The molecule has 1 amide bonds. The molecule has 3 rings (SSSR count). The molecule has 4 heteroatoms. The van der Waals surface area contributed by atoms with E-state index >= 15 is 0 Å². The van der Waals surface area contributed by atoms with E-state index in [2.05, 4.69) is 28.2 Å². The molecule has 2 aliphatic heterocycles. The highest BCUT2D eigenvalue weighted by Gasteiger charge is 2.26. The maximum absolute atomic E-state index is 11.7. The molecule has 2 fully saturated rings. The van der Waals surface area contributed by atoms with Gasteiger partial charge < -0.3 is 4.90 Å². The fourth-order valence-electron chi connectivity index (χ4n) is 3.59. The van der Waals surface area contributed by atoms with E-state index in [9.17, 15) is 4.79 Å². The van der Waals surface area contributed by atoms with E-state index in [4.69, 9.17) is 0 Å². The lowest BCUT2D eigenvalue weighted by atomic mass is 9.99. The van der Waals surface area contributed by atoms with Gasteiger partial charge in [0.2, 0.25) is 5.91 Å². The topological polar surface area (TPSA) is 23.6 Å². The standard InChI is InChI=1S/C17H26N2OS/c1-14-8-12-21-16(14)13-19-9-3-2-5-15(19)7-11-18-10-4-6-17(18)20/h8,12,15H,2-7,9-11,13H2,1H3/t15-/m1/s1. The van der Waals surface area contributed by atoms with Crippen molar-refractivity contribution in [3.63, 3.8) is 0 Å². The molecule has 1 aromatic heterocycles. The summed E-state index contributed by atoms with van der Waals surface area (Å²) in [5.74, 6) is 0.367. The van der Waals surface area contributed by atoms with Crippen LogP contribution >= 0.6 is 11.3 Å². The number of rotatable bonds is 5. The Balaban J connectivity index is 1.56. The van der Waals surface area contributed by atoms with E-state index in [-0.39, 0.29) is 0 Å². The molecule has 0 aromatic carbocycles. The van der Waals surface area contributed by atoms with Gasteiger partial charge in [-0.25, -0.2) is 0 Å². The third-order valence-electron chi connectivity index (χ3n) is 4.97. The second-order valence-corrected chi connectivity index (χ2v) is 7.42. The van der Waals surface area contributed by atoms with Crippen molar-refractivity contribution in [2.24, 2.45) is 0 Å². The molecule has 0 saturated carbocycles. The van der Waals surface area contributed by atoms with Gasteiger partial charge in [0.15, 0.2) is 0 Å². The zero-order valence-electron chi connectivity index (χ0n) is 13.0. The normalized spacial score (nSPS) is 24.0. The fourth-order valence-corrected chi connectivity index (χ4v) is 4.52. The minimum absolute atomic E-state index is 0.367. The maximum atomic E-state index is 11.7. The average molecular weight is 306 g/mol. The van der Waals surface area contributed by atoms with Crippen LogP contribution in [0.5, 0.6) is 0 Å². The van der Waals surface area contributed by atoms with Crippen LogP contribution < -0.4 is 0 Å². The number of thiophene rings is 1. The summed E-state index contributed by atoms with van der Waals surface area (Å²) in [7, 11) is 0. The van der Waals surface area contributed by atoms with Crippen LogP contribution in [0.1, 0.15) is 49.0 Å². The highest BCUT2D eigenvalue weighted by molar-refractivity contribution is 7.10. The maximum Gasteiger partial charge on any atom is 0.222 e. The van der Waals surface area contributed by atoms with Crippen molar-refractivity contribution in [3.05, 3.63) is 21.9 Å². The smallest absolute Gasteiger partial charge is 0.222 e. The molecule has 1 aromatic rings. The van der Waals surface area contributed by atoms with Gasteiger partial charge in [-0.1, -0.05) is 6.42 Å². The molecule has 2 aliphatic rings. The largest absolute Gasteiger partial charge is 0.343 e. The zero-order chi connectivity index (χ0) is 14.7. The number of aryl methyl sites for hydroxylation is 1. The Labute approximate surface area is 131 Å². The Hall–Kier alpha value is -0.870. The molecule has 0 radical (unpaired) electrons. The van der Waals surface area contributed by atoms with Gasteiger partial charge in [-0.2, -0.15) is 0 Å². The molecular formula is C17H26N2OS. The predicted molar refractivity (Wildman–Crippen MR) is 87.5 cm³/mol. The molecule has 1 atom stereocenters. The minimum atomic E-state index is 0.367. The molecule has 0 aliphatic carbocycles. The molecule has 0 N–H and O–H groups in total. The first kappa shape index (κ1) is 15.0. The number of piperidine rings is 1. The first-order valence-corrected chi connectivity index (χ1v) is 9.17. The van der Waals surface area contributed by atoms with Gasteiger partial charge in [0.05, 0.1) is 0 Å². The van der Waals surface area contributed by atoms with Crippen molar-refractivity contribution in [1.29, 1.82) is 0 Å². The van der Waals surface area contributed by atoms with Gasteiger partial charge in [-0.15, -0.1) is 11.3 Å². The Morgan fingerprint density at radius 1 is 1.29 bits per heavy atom. The van der Waals surface area contributed by atoms with E-state index in [1.54, 1.807) is 0 Å². The van der Waals surface area contributed by atoms with Gasteiger partial charge in [-0.3, -0.25) is 9.69 Å². The Bertz CT molecular complexity index is 485. The van der Waals surface area contributed by atoms with Crippen LogP contribution in [0.25, 0.3) is 0 Å². The number of hydrogen-bond acceptors (Lipinski definition) is 3. The summed E-state index contributed by atoms with van der Waals surface area (Å²) in [6.07, 6.45) is 6.94. The van der Waals surface area contributed by atoms with Crippen molar-refractivity contribution < 1.29 is 4.79 Å². The molecule has 0 bridgehead atoms. The van der Waals surface area contributed by atoms with Crippen LogP contribution in [0.4, 0.5) is 0 Å². The number of nitrogens with zero attached hydrogens (tertiary/aromatic N) is 2. The molecule has 0 spiro atoms. The predicted octanol–water partition coefficient (Wildman–Crippen LogP) is 3.42. The van der Waals surface area contributed by atoms with Crippen molar-refractivity contribution in [3.8, 4) is 0 Å².